The van der Waals surface area contributed by atoms with E-state index in [1.807, 2.05) is 0 Å². The fourth-order valence-electron chi connectivity index (χ4n) is 7.35. The van der Waals surface area contributed by atoms with Crippen molar-refractivity contribution in [2.75, 3.05) is 4.90 Å². The summed E-state index contributed by atoms with van der Waals surface area (Å²) < 4.78 is 0. The van der Waals surface area contributed by atoms with Crippen LogP contribution in [0.2, 0.25) is 0 Å². The monoisotopic (exact) mass is 623 g/mol. The molecule has 1 heteroatoms. The van der Waals surface area contributed by atoms with Crippen molar-refractivity contribution in [3.8, 4) is 33.4 Å². The molecule has 9 rings (SSSR count). The van der Waals surface area contributed by atoms with Crippen molar-refractivity contribution in [3.05, 3.63) is 200 Å². The van der Waals surface area contributed by atoms with Crippen molar-refractivity contribution < 1.29 is 0 Å². The fraction of sp³-hybridized carbons (Fsp3) is 0. The summed E-state index contributed by atoms with van der Waals surface area (Å²) in [4.78, 5) is 2.43. The summed E-state index contributed by atoms with van der Waals surface area (Å²) in [7, 11) is 0. The molecule has 0 atom stereocenters. The second-order valence-corrected chi connectivity index (χ2v) is 12.5. The third-order valence-electron chi connectivity index (χ3n) is 9.62. The van der Waals surface area contributed by atoms with Gasteiger partial charge in [0, 0.05) is 16.9 Å². The molecule has 0 radical (unpaired) electrons. The third kappa shape index (κ3) is 5.23. The highest BCUT2D eigenvalue weighted by Gasteiger charge is 2.20. The summed E-state index contributed by atoms with van der Waals surface area (Å²) in [6.45, 7) is 0. The van der Waals surface area contributed by atoms with Crippen LogP contribution in [0, 0.1) is 0 Å². The van der Waals surface area contributed by atoms with Crippen LogP contribution >= 0.6 is 0 Å². The standard InChI is InChI=1S/C48H33N/c1-2-15-34(16-3-1)36-20-12-22-39(31-36)49(40-23-13-21-37(32-40)42-29-14-19-35-17-4-6-24-41(35)42)48-30-11-10-28-46(48)47-33-38-18-5-7-25-43(38)44-26-8-9-27-45(44)47/h1-33H. The summed E-state index contributed by atoms with van der Waals surface area (Å²) in [6.07, 6.45) is 0. The van der Waals surface area contributed by atoms with E-state index >= 15 is 0 Å². The summed E-state index contributed by atoms with van der Waals surface area (Å²) in [6, 6.07) is 72.5. The predicted octanol–water partition coefficient (Wildman–Crippen LogP) is 13.6. The van der Waals surface area contributed by atoms with Crippen LogP contribution in [0.15, 0.2) is 200 Å². The van der Waals surface area contributed by atoms with E-state index in [2.05, 4.69) is 205 Å². The average molecular weight is 624 g/mol. The molecule has 0 aliphatic heterocycles. The van der Waals surface area contributed by atoms with E-state index in [4.69, 9.17) is 0 Å². The van der Waals surface area contributed by atoms with Crippen LogP contribution in [-0.2, 0) is 0 Å². The van der Waals surface area contributed by atoms with Crippen LogP contribution < -0.4 is 4.90 Å². The van der Waals surface area contributed by atoms with Crippen molar-refractivity contribution in [3.63, 3.8) is 0 Å². The Morgan fingerprint density at radius 2 is 0.796 bits per heavy atom. The molecule has 0 aromatic heterocycles. The Labute approximate surface area is 287 Å². The lowest BCUT2D eigenvalue weighted by atomic mass is 9.92. The number of nitrogens with zero attached hydrogens (tertiary/aromatic N) is 1. The van der Waals surface area contributed by atoms with Crippen molar-refractivity contribution in [1.29, 1.82) is 0 Å². The smallest absolute Gasteiger partial charge is 0.0540 e. The Balaban J connectivity index is 1.30. The van der Waals surface area contributed by atoms with E-state index in [1.165, 1.54) is 65.7 Å². The number of anilines is 3. The average Bonchev–Trinajstić information content (AvgIpc) is 3.18. The first kappa shape index (κ1) is 28.8. The summed E-state index contributed by atoms with van der Waals surface area (Å²) in [5.74, 6) is 0. The van der Waals surface area contributed by atoms with Gasteiger partial charge < -0.3 is 4.90 Å². The molecular weight excluding hydrogens is 591 g/mol. The molecule has 0 saturated heterocycles. The zero-order valence-electron chi connectivity index (χ0n) is 27.0. The van der Waals surface area contributed by atoms with Crippen LogP contribution in [0.3, 0.4) is 0 Å². The highest BCUT2D eigenvalue weighted by Crippen LogP contribution is 2.45. The van der Waals surface area contributed by atoms with Crippen LogP contribution in [0.1, 0.15) is 0 Å². The topological polar surface area (TPSA) is 3.24 Å². The van der Waals surface area contributed by atoms with Gasteiger partial charge in [0.05, 0.1) is 5.69 Å². The molecule has 0 aliphatic carbocycles. The minimum atomic E-state index is 1.10. The highest BCUT2D eigenvalue weighted by molar-refractivity contribution is 6.15. The van der Waals surface area contributed by atoms with Gasteiger partial charge in [0.25, 0.3) is 0 Å². The summed E-state index contributed by atoms with van der Waals surface area (Å²) >= 11 is 0. The highest BCUT2D eigenvalue weighted by atomic mass is 15.1. The minimum absolute atomic E-state index is 1.10. The molecule has 1 nitrogen and oxygen atoms in total. The Morgan fingerprint density at radius 1 is 0.265 bits per heavy atom. The molecule has 0 amide bonds. The SMILES string of the molecule is c1ccc(-c2cccc(N(c3cccc(-c4cccc5ccccc45)c3)c3ccccc3-c3cc4ccccc4c4ccccc34)c2)cc1. The zero-order chi connectivity index (χ0) is 32.6. The van der Waals surface area contributed by atoms with E-state index in [0.29, 0.717) is 0 Å². The molecule has 0 aliphatic rings. The van der Waals surface area contributed by atoms with Gasteiger partial charge in [0.1, 0.15) is 0 Å². The first-order valence-corrected chi connectivity index (χ1v) is 16.9. The van der Waals surface area contributed by atoms with Crippen molar-refractivity contribution in [2.45, 2.75) is 0 Å². The van der Waals surface area contributed by atoms with E-state index in [9.17, 15) is 0 Å². The number of hydrogen-bond acceptors (Lipinski definition) is 1. The molecule has 9 aromatic carbocycles. The maximum absolute atomic E-state index is 2.43. The maximum Gasteiger partial charge on any atom is 0.0540 e. The maximum atomic E-state index is 2.43. The third-order valence-corrected chi connectivity index (χ3v) is 9.62. The lowest BCUT2D eigenvalue weighted by molar-refractivity contribution is 1.28. The molecule has 0 spiro atoms. The van der Waals surface area contributed by atoms with Crippen LogP contribution in [0.4, 0.5) is 17.1 Å². The van der Waals surface area contributed by atoms with Crippen LogP contribution in [0.25, 0.3) is 65.7 Å². The number of fused-ring (bicyclic) bond motifs is 4. The van der Waals surface area contributed by atoms with Gasteiger partial charge in [-0.15, -0.1) is 0 Å². The Kier molecular flexibility index (Phi) is 7.22. The van der Waals surface area contributed by atoms with Crippen LogP contribution in [0.5, 0.6) is 0 Å². The summed E-state index contributed by atoms with van der Waals surface area (Å²) in [5, 5.41) is 7.52. The Bertz CT molecular complexity index is 2610. The van der Waals surface area contributed by atoms with Gasteiger partial charge in [-0.25, -0.2) is 0 Å². The lowest BCUT2D eigenvalue weighted by Gasteiger charge is -2.29. The molecule has 230 valence electrons. The number of benzene rings is 9. The van der Waals surface area contributed by atoms with Crippen molar-refractivity contribution >= 4 is 49.4 Å². The normalized spacial score (nSPS) is 11.3. The first-order valence-electron chi connectivity index (χ1n) is 16.9. The number of para-hydroxylation sites is 1. The molecule has 0 unspecified atom stereocenters. The number of hydrogen-bond donors (Lipinski definition) is 0. The van der Waals surface area contributed by atoms with Crippen LogP contribution in [-0.4, -0.2) is 0 Å². The van der Waals surface area contributed by atoms with Crippen molar-refractivity contribution in [1.82, 2.24) is 0 Å². The van der Waals surface area contributed by atoms with Gasteiger partial charge >= 0.3 is 0 Å². The first-order chi connectivity index (χ1) is 24.3. The Hall–Kier alpha value is -6.44. The number of rotatable bonds is 6. The van der Waals surface area contributed by atoms with Gasteiger partial charge in [-0.1, -0.05) is 164 Å². The molecule has 0 N–H and O–H groups in total. The quantitative estimate of drug-likeness (QED) is 0.167. The molecule has 0 saturated carbocycles. The molecule has 0 fully saturated rings. The minimum Gasteiger partial charge on any atom is -0.310 e. The zero-order valence-corrected chi connectivity index (χ0v) is 27.0. The van der Waals surface area contributed by atoms with E-state index in [1.54, 1.807) is 0 Å². The predicted molar refractivity (Wildman–Crippen MR) is 210 cm³/mol. The largest absolute Gasteiger partial charge is 0.310 e. The van der Waals surface area contributed by atoms with E-state index in [-0.39, 0.29) is 0 Å². The van der Waals surface area contributed by atoms with E-state index < -0.39 is 0 Å². The molecule has 0 heterocycles. The van der Waals surface area contributed by atoms with Gasteiger partial charge in [-0.05, 0) is 96.5 Å². The van der Waals surface area contributed by atoms with Crippen molar-refractivity contribution in [2.24, 2.45) is 0 Å². The lowest BCUT2D eigenvalue weighted by Crippen LogP contribution is -2.11. The van der Waals surface area contributed by atoms with E-state index in [0.717, 1.165) is 17.1 Å². The molecule has 0 bridgehead atoms. The van der Waals surface area contributed by atoms with Gasteiger partial charge in [-0.2, -0.15) is 0 Å². The van der Waals surface area contributed by atoms with Gasteiger partial charge in [-0.3, -0.25) is 0 Å². The fourth-order valence-corrected chi connectivity index (χ4v) is 7.35. The summed E-state index contributed by atoms with van der Waals surface area (Å²) in [5.41, 5.74) is 10.5. The molecule has 49 heavy (non-hydrogen) atoms. The Morgan fingerprint density at radius 3 is 1.61 bits per heavy atom. The van der Waals surface area contributed by atoms with Gasteiger partial charge in [0.2, 0.25) is 0 Å². The van der Waals surface area contributed by atoms with Gasteiger partial charge in [0.15, 0.2) is 0 Å². The molecular formula is C48H33N. The molecule has 9 aromatic rings. The second-order valence-electron chi connectivity index (χ2n) is 12.5. The second kappa shape index (κ2) is 12.3.